The molecule has 0 bridgehead atoms. The first-order valence-electron chi connectivity index (χ1n) is 6.86. The van der Waals surface area contributed by atoms with Gasteiger partial charge in [-0.3, -0.25) is 10.1 Å². The first-order chi connectivity index (χ1) is 10.1. The van der Waals surface area contributed by atoms with Crippen LogP contribution in [0.5, 0.6) is 0 Å². The average Bonchev–Trinajstić information content (AvgIpc) is 3.07. The predicted octanol–water partition coefficient (Wildman–Crippen LogP) is 2.28. The van der Waals surface area contributed by atoms with Gasteiger partial charge in [-0.25, -0.2) is 0 Å². The summed E-state index contributed by atoms with van der Waals surface area (Å²) < 4.78 is 5.36. The van der Waals surface area contributed by atoms with Gasteiger partial charge in [0.15, 0.2) is 0 Å². The van der Waals surface area contributed by atoms with Gasteiger partial charge >= 0.3 is 0 Å². The third-order valence-corrected chi connectivity index (χ3v) is 3.95. The van der Waals surface area contributed by atoms with Crippen LogP contribution in [-0.2, 0) is 0 Å². The van der Waals surface area contributed by atoms with Crippen LogP contribution in [0.4, 0.5) is 5.69 Å². The molecule has 1 aliphatic heterocycles. The van der Waals surface area contributed by atoms with Gasteiger partial charge in [0.25, 0.3) is 5.69 Å². The highest BCUT2D eigenvalue weighted by molar-refractivity contribution is 5.63. The fourth-order valence-electron chi connectivity index (χ4n) is 2.60. The number of nitrogens with one attached hydrogen (secondary N) is 1. The number of nitrogens with zero attached hydrogens (tertiary/aromatic N) is 3. The van der Waals surface area contributed by atoms with E-state index in [9.17, 15) is 10.1 Å². The summed E-state index contributed by atoms with van der Waals surface area (Å²) >= 11 is 0. The molecule has 2 heterocycles. The van der Waals surface area contributed by atoms with E-state index in [1.807, 2.05) is 6.92 Å². The molecule has 1 N–H and O–H groups in total. The second-order valence-corrected chi connectivity index (χ2v) is 5.45. The van der Waals surface area contributed by atoms with Gasteiger partial charge in [0.05, 0.1) is 10.8 Å². The number of hydrogen-bond acceptors (Lipinski definition) is 6. The maximum Gasteiger partial charge on any atom is 0.270 e. The summed E-state index contributed by atoms with van der Waals surface area (Å²) in [4.78, 5) is 14.9. The molecule has 2 aromatic rings. The lowest BCUT2D eigenvalue weighted by Crippen LogP contribution is -2.08. The molecule has 2 atom stereocenters. The molecule has 0 aliphatic carbocycles. The van der Waals surface area contributed by atoms with Crippen molar-refractivity contribution in [2.24, 2.45) is 5.92 Å². The van der Waals surface area contributed by atoms with Crippen LogP contribution >= 0.6 is 0 Å². The lowest BCUT2D eigenvalue weighted by molar-refractivity contribution is -0.384. The van der Waals surface area contributed by atoms with Crippen LogP contribution in [0.1, 0.15) is 24.3 Å². The Hall–Kier alpha value is -2.28. The molecule has 110 valence electrons. The molecular formula is C14H16N4O3. The number of benzene rings is 1. The number of rotatable bonds is 3. The third-order valence-electron chi connectivity index (χ3n) is 3.95. The fraction of sp³-hybridized carbons (Fsp3) is 0.429. The molecule has 2 unspecified atom stereocenters. The Morgan fingerprint density at radius 2 is 2.24 bits per heavy atom. The van der Waals surface area contributed by atoms with Crippen molar-refractivity contribution < 1.29 is 9.45 Å². The molecule has 3 rings (SSSR count). The Morgan fingerprint density at radius 1 is 1.43 bits per heavy atom. The zero-order valence-electron chi connectivity index (χ0n) is 11.9. The summed E-state index contributed by atoms with van der Waals surface area (Å²) in [5.74, 6) is 1.63. The lowest BCUT2D eigenvalue weighted by atomic mass is 9.98. The normalized spacial score (nSPS) is 21.6. The largest absolute Gasteiger partial charge is 0.339 e. The summed E-state index contributed by atoms with van der Waals surface area (Å²) in [6.45, 7) is 5.75. The molecule has 1 aromatic carbocycles. The Labute approximate surface area is 121 Å². The smallest absolute Gasteiger partial charge is 0.270 e. The van der Waals surface area contributed by atoms with Crippen LogP contribution in [0.3, 0.4) is 0 Å². The van der Waals surface area contributed by atoms with E-state index in [1.54, 1.807) is 6.07 Å². The van der Waals surface area contributed by atoms with E-state index in [0.717, 1.165) is 18.7 Å². The topological polar surface area (TPSA) is 94.1 Å². The number of hydrogen-bond donors (Lipinski definition) is 1. The minimum absolute atomic E-state index is 0.0258. The Kier molecular flexibility index (Phi) is 3.42. The van der Waals surface area contributed by atoms with Crippen molar-refractivity contribution in [3.05, 3.63) is 39.8 Å². The monoisotopic (exact) mass is 288 g/mol. The molecule has 1 fully saturated rings. The minimum atomic E-state index is -0.424. The first kappa shape index (κ1) is 13.7. The van der Waals surface area contributed by atoms with Crippen molar-refractivity contribution in [1.29, 1.82) is 0 Å². The highest BCUT2D eigenvalue weighted by Crippen LogP contribution is 2.30. The second-order valence-electron chi connectivity index (χ2n) is 5.45. The first-order valence-corrected chi connectivity index (χ1v) is 6.86. The maximum atomic E-state index is 10.9. The van der Waals surface area contributed by atoms with Gasteiger partial charge in [0.2, 0.25) is 11.7 Å². The maximum absolute atomic E-state index is 10.9. The number of aryl methyl sites for hydroxylation is 1. The standard InChI is InChI=1S/C14H16N4O3/c1-8-3-4-10(18(19)20)5-11(8)13-16-14(21-17-13)12-7-15-6-9(12)2/h3-5,9,12,15H,6-7H2,1-2H3. The quantitative estimate of drug-likeness (QED) is 0.687. The lowest BCUT2D eigenvalue weighted by Gasteiger charge is -2.07. The Morgan fingerprint density at radius 3 is 2.90 bits per heavy atom. The van der Waals surface area contributed by atoms with E-state index in [0.29, 0.717) is 23.2 Å². The van der Waals surface area contributed by atoms with Crippen molar-refractivity contribution in [1.82, 2.24) is 15.5 Å². The molecule has 1 aliphatic rings. The SMILES string of the molecule is Cc1ccc([N+](=O)[O-])cc1-c1noc(C2CNCC2C)n1. The van der Waals surface area contributed by atoms with E-state index in [4.69, 9.17) is 4.52 Å². The van der Waals surface area contributed by atoms with E-state index in [1.165, 1.54) is 12.1 Å². The van der Waals surface area contributed by atoms with Gasteiger partial charge < -0.3 is 9.84 Å². The number of nitro benzene ring substituents is 1. The second kappa shape index (κ2) is 5.25. The van der Waals surface area contributed by atoms with Crippen LogP contribution < -0.4 is 5.32 Å². The molecule has 0 radical (unpaired) electrons. The summed E-state index contributed by atoms with van der Waals surface area (Å²) in [5.41, 5.74) is 1.54. The van der Waals surface area contributed by atoms with E-state index >= 15 is 0 Å². The van der Waals surface area contributed by atoms with Gasteiger partial charge in [0.1, 0.15) is 0 Å². The fourth-order valence-corrected chi connectivity index (χ4v) is 2.60. The van der Waals surface area contributed by atoms with E-state index in [2.05, 4.69) is 22.4 Å². The summed E-state index contributed by atoms with van der Waals surface area (Å²) in [6.07, 6.45) is 0. The van der Waals surface area contributed by atoms with Crippen molar-refractivity contribution in [2.75, 3.05) is 13.1 Å². The molecule has 1 aromatic heterocycles. The van der Waals surface area contributed by atoms with Crippen LogP contribution in [0.15, 0.2) is 22.7 Å². The van der Waals surface area contributed by atoms with Crippen LogP contribution in [-0.4, -0.2) is 28.2 Å². The highest BCUT2D eigenvalue weighted by Gasteiger charge is 2.30. The summed E-state index contributed by atoms with van der Waals surface area (Å²) in [5, 5.41) is 18.2. The van der Waals surface area contributed by atoms with E-state index in [-0.39, 0.29) is 11.6 Å². The summed E-state index contributed by atoms with van der Waals surface area (Å²) in [7, 11) is 0. The van der Waals surface area contributed by atoms with Gasteiger partial charge in [-0.05, 0) is 24.9 Å². The molecule has 7 nitrogen and oxygen atoms in total. The molecule has 1 saturated heterocycles. The number of aromatic nitrogens is 2. The predicted molar refractivity (Wildman–Crippen MR) is 75.9 cm³/mol. The highest BCUT2D eigenvalue weighted by atomic mass is 16.6. The van der Waals surface area contributed by atoms with E-state index < -0.39 is 4.92 Å². The van der Waals surface area contributed by atoms with Gasteiger partial charge in [0, 0.05) is 24.2 Å². The minimum Gasteiger partial charge on any atom is -0.339 e. The third kappa shape index (κ3) is 2.52. The zero-order chi connectivity index (χ0) is 15.0. The zero-order valence-corrected chi connectivity index (χ0v) is 11.9. The number of nitro groups is 1. The van der Waals surface area contributed by atoms with Crippen molar-refractivity contribution >= 4 is 5.69 Å². The van der Waals surface area contributed by atoms with Crippen molar-refractivity contribution in [3.63, 3.8) is 0 Å². The van der Waals surface area contributed by atoms with Crippen LogP contribution in [0.25, 0.3) is 11.4 Å². The van der Waals surface area contributed by atoms with Crippen LogP contribution in [0, 0.1) is 23.0 Å². The Balaban J connectivity index is 1.96. The Bertz CT molecular complexity index is 683. The molecular weight excluding hydrogens is 272 g/mol. The molecule has 7 heteroatoms. The molecule has 0 spiro atoms. The number of non-ortho nitro benzene ring substituents is 1. The van der Waals surface area contributed by atoms with Crippen molar-refractivity contribution in [2.45, 2.75) is 19.8 Å². The summed E-state index contributed by atoms with van der Waals surface area (Å²) in [6, 6.07) is 4.66. The van der Waals surface area contributed by atoms with Gasteiger partial charge in [-0.15, -0.1) is 0 Å². The average molecular weight is 288 g/mol. The molecule has 0 amide bonds. The van der Waals surface area contributed by atoms with Gasteiger partial charge in [-0.1, -0.05) is 18.1 Å². The van der Waals surface area contributed by atoms with Crippen molar-refractivity contribution in [3.8, 4) is 11.4 Å². The van der Waals surface area contributed by atoms with Gasteiger partial charge in [-0.2, -0.15) is 4.98 Å². The van der Waals surface area contributed by atoms with Crippen LogP contribution in [0.2, 0.25) is 0 Å². The molecule has 21 heavy (non-hydrogen) atoms. The molecule has 0 saturated carbocycles.